The maximum atomic E-state index is 12.7. The Balaban J connectivity index is 4.43. The summed E-state index contributed by atoms with van der Waals surface area (Å²) in [6.07, 6.45) is 46.8. The molecule has 8 nitrogen and oxygen atoms in total. The summed E-state index contributed by atoms with van der Waals surface area (Å²) in [5, 5.41) is 9.62. The van der Waals surface area contributed by atoms with E-state index in [1.165, 1.54) is 64.2 Å². The predicted octanol–water partition coefficient (Wildman–Crippen LogP) is 12.2. The molecule has 0 aromatic carbocycles. The first-order valence-electron chi connectivity index (χ1n) is 22.4. The van der Waals surface area contributed by atoms with Crippen molar-refractivity contribution in [2.45, 2.75) is 187 Å². The molecule has 0 fully saturated rings. The SMILES string of the molecule is CCCCC/C=C/C=C/C=C/C=C/CCCCCCCC(=O)OC(COCCC(C(=O)O)[N+](C)(C)C)COC(=O)CCCCC/C=C/CCCCCCCCC. The molecule has 56 heavy (non-hydrogen) atoms. The van der Waals surface area contributed by atoms with Crippen LogP contribution in [0.4, 0.5) is 0 Å². The third-order valence-corrected chi connectivity index (χ3v) is 9.73. The Morgan fingerprint density at radius 1 is 0.536 bits per heavy atom. The first-order valence-corrected chi connectivity index (χ1v) is 22.4. The normalized spacial score (nSPS) is 13.5. The number of nitrogens with zero attached hydrogens (tertiary/aromatic N) is 1. The molecule has 0 aliphatic carbocycles. The van der Waals surface area contributed by atoms with Crippen LogP contribution in [0.3, 0.4) is 0 Å². The molecule has 8 heteroatoms. The zero-order chi connectivity index (χ0) is 41.4. The third-order valence-electron chi connectivity index (χ3n) is 9.73. The molecule has 0 amide bonds. The molecule has 0 aliphatic heterocycles. The average molecular weight is 787 g/mol. The van der Waals surface area contributed by atoms with Gasteiger partial charge in [-0.1, -0.05) is 152 Å². The highest BCUT2D eigenvalue weighted by Gasteiger charge is 2.31. The van der Waals surface area contributed by atoms with Gasteiger partial charge < -0.3 is 23.8 Å². The standard InChI is InChI=1S/C48H83NO7/c1-6-8-10-12-14-16-18-20-22-23-24-25-27-29-31-33-35-37-39-47(51)56-44(42-54-41-40-45(48(52)53)49(3,4)5)43-55-46(50)38-36-34-32-30-28-26-21-19-17-15-13-11-9-7-2/h14,16,18,20,22-26,28,44-45H,6-13,15,17,19,21,27,29-43H2,1-5H3/p+1/b16-14+,20-18+,23-22+,25-24+,28-26+. The molecular weight excluding hydrogens is 703 g/mol. The van der Waals surface area contributed by atoms with Gasteiger partial charge in [0.15, 0.2) is 12.1 Å². The molecule has 322 valence electrons. The van der Waals surface area contributed by atoms with E-state index in [9.17, 15) is 19.5 Å². The number of unbranched alkanes of at least 4 members (excludes halogenated alkanes) is 18. The van der Waals surface area contributed by atoms with Crippen molar-refractivity contribution in [3.8, 4) is 0 Å². The summed E-state index contributed by atoms with van der Waals surface area (Å²) in [4.78, 5) is 37.0. The first kappa shape index (κ1) is 53.0. The van der Waals surface area contributed by atoms with Crippen molar-refractivity contribution in [2.75, 3.05) is 41.0 Å². The largest absolute Gasteiger partial charge is 0.477 e. The second kappa shape index (κ2) is 38.9. The molecule has 2 unspecified atom stereocenters. The number of carbonyl (C=O) groups is 3. The lowest BCUT2D eigenvalue weighted by Crippen LogP contribution is -2.50. The summed E-state index contributed by atoms with van der Waals surface area (Å²) in [5.41, 5.74) is 0. The lowest BCUT2D eigenvalue weighted by atomic mass is 10.1. The van der Waals surface area contributed by atoms with Crippen LogP contribution in [-0.2, 0) is 28.6 Å². The fourth-order valence-corrected chi connectivity index (χ4v) is 6.21. The van der Waals surface area contributed by atoms with Crippen LogP contribution in [0.2, 0.25) is 0 Å². The number of rotatable bonds is 39. The van der Waals surface area contributed by atoms with Crippen LogP contribution in [0.5, 0.6) is 0 Å². The van der Waals surface area contributed by atoms with Crippen LogP contribution in [0.1, 0.15) is 174 Å². The molecule has 0 bridgehead atoms. The highest BCUT2D eigenvalue weighted by Crippen LogP contribution is 2.13. The highest BCUT2D eigenvalue weighted by molar-refractivity contribution is 5.72. The van der Waals surface area contributed by atoms with Crippen molar-refractivity contribution in [2.24, 2.45) is 0 Å². The number of ether oxygens (including phenoxy) is 3. The summed E-state index contributed by atoms with van der Waals surface area (Å²) in [7, 11) is 5.51. The number of quaternary nitrogens is 1. The second-order valence-electron chi connectivity index (χ2n) is 16.0. The van der Waals surface area contributed by atoms with E-state index >= 15 is 0 Å². The van der Waals surface area contributed by atoms with Crippen LogP contribution in [0.25, 0.3) is 0 Å². The van der Waals surface area contributed by atoms with Crippen molar-refractivity contribution < 1.29 is 38.2 Å². The van der Waals surface area contributed by atoms with Gasteiger partial charge in [-0.2, -0.15) is 0 Å². The van der Waals surface area contributed by atoms with Crippen LogP contribution in [0.15, 0.2) is 60.8 Å². The zero-order valence-corrected chi connectivity index (χ0v) is 36.6. The van der Waals surface area contributed by atoms with E-state index < -0.39 is 18.1 Å². The summed E-state index contributed by atoms with van der Waals surface area (Å²) in [6, 6.07) is -0.623. The van der Waals surface area contributed by atoms with Crippen LogP contribution >= 0.6 is 0 Å². The third kappa shape index (κ3) is 36.7. The second-order valence-corrected chi connectivity index (χ2v) is 16.0. The van der Waals surface area contributed by atoms with Gasteiger partial charge in [0.2, 0.25) is 0 Å². The van der Waals surface area contributed by atoms with Gasteiger partial charge in [-0.05, 0) is 64.2 Å². The molecule has 0 spiro atoms. The fraction of sp³-hybridized carbons (Fsp3) is 0.729. The molecule has 0 aromatic heterocycles. The van der Waals surface area contributed by atoms with Gasteiger partial charge in [-0.15, -0.1) is 0 Å². The number of hydrogen-bond donors (Lipinski definition) is 1. The molecule has 1 N–H and O–H groups in total. The van der Waals surface area contributed by atoms with E-state index in [1.54, 1.807) is 0 Å². The van der Waals surface area contributed by atoms with Crippen molar-refractivity contribution in [1.82, 2.24) is 0 Å². The number of esters is 2. The number of carbonyl (C=O) groups excluding carboxylic acids is 2. The Labute approximate surface area is 343 Å². The minimum atomic E-state index is -0.883. The van der Waals surface area contributed by atoms with E-state index in [-0.39, 0.29) is 36.2 Å². The van der Waals surface area contributed by atoms with Crippen LogP contribution < -0.4 is 0 Å². The van der Waals surface area contributed by atoms with E-state index in [2.05, 4.69) is 68.5 Å². The van der Waals surface area contributed by atoms with Gasteiger partial charge in [0.25, 0.3) is 0 Å². The van der Waals surface area contributed by atoms with Crippen molar-refractivity contribution in [3.63, 3.8) is 0 Å². The Hall–Kier alpha value is -2.97. The van der Waals surface area contributed by atoms with Gasteiger partial charge in [-0.3, -0.25) is 9.59 Å². The van der Waals surface area contributed by atoms with Gasteiger partial charge in [-0.25, -0.2) is 4.79 Å². The van der Waals surface area contributed by atoms with E-state index in [0.29, 0.717) is 19.3 Å². The van der Waals surface area contributed by atoms with Crippen molar-refractivity contribution >= 4 is 17.9 Å². The molecule has 0 rings (SSSR count). The van der Waals surface area contributed by atoms with Crippen LogP contribution in [0, 0.1) is 0 Å². The number of hydrogen-bond acceptors (Lipinski definition) is 6. The average Bonchev–Trinajstić information content (AvgIpc) is 3.15. The van der Waals surface area contributed by atoms with Crippen molar-refractivity contribution in [1.29, 1.82) is 0 Å². The fourth-order valence-electron chi connectivity index (χ4n) is 6.21. The molecule has 0 radical (unpaired) electrons. The Bertz CT molecular complexity index is 1100. The lowest BCUT2D eigenvalue weighted by Gasteiger charge is -2.31. The van der Waals surface area contributed by atoms with Crippen LogP contribution in [-0.4, -0.2) is 80.6 Å². The molecule has 0 saturated heterocycles. The quantitative estimate of drug-likeness (QED) is 0.0218. The van der Waals surface area contributed by atoms with Gasteiger partial charge in [0.1, 0.15) is 6.61 Å². The molecule has 0 aromatic rings. The number of aliphatic carboxylic acids is 1. The number of likely N-dealkylation sites (N-methyl/N-ethyl adjacent to an activating group) is 1. The zero-order valence-electron chi connectivity index (χ0n) is 36.6. The number of allylic oxidation sites excluding steroid dienone is 10. The predicted molar refractivity (Wildman–Crippen MR) is 234 cm³/mol. The summed E-state index contributed by atoms with van der Waals surface area (Å²) in [6.45, 7) is 4.64. The summed E-state index contributed by atoms with van der Waals surface area (Å²) in [5.74, 6) is -1.52. The maximum absolute atomic E-state index is 12.7. The topological polar surface area (TPSA) is 99.1 Å². The Morgan fingerprint density at radius 3 is 1.50 bits per heavy atom. The van der Waals surface area contributed by atoms with E-state index in [1.807, 2.05) is 27.2 Å². The summed E-state index contributed by atoms with van der Waals surface area (Å²) >= 11 is 0. The summed E-state index contributed by atoms with van der Waals surface area (Å²) < 4.78 is 17.2. The molecular formula is C48H84NO7+. The monoisotopic (exact) mass is 787 g/mol. The highest BCUT2D eigenvalue weighted by atomic mass is 16.6. The smallest absolute Gasteiger partial charge is 0.362 e. The van der Waals surface area contributed by atoms with Gasteiger partial charge in [0, 0.05) is 19.3 Å². The van der Waals surface area contributed by atoms with Gasteiger partial charge in [0.05, 0.1) is 34.4 Å². The molecule has 2 atom stereocenters. The Kier molecular flexibility index (Phi) is 36.8. The Morgan fingerprint density at radius 2 is 0.964 bits per heavy atom. The van der Waals surface area contributed by atoms with Gasteiger partial charge >= 0.3 is 17.9 Å². The maximum Gasteiger partial charge on any atom is 0.362 e. The number of carboxylic acid groups (broad SMARTS) is 1. The molecule has 0 heterocycles. The van der Waals surface area contributed by atoms with E-state index in [0.717, 1.165) is 77.0 Å². The first-order chi connectivity index (χ1) is 27.1. The molecule has 0 aliphatic rings. The minimum Gasteiger partial charge on any atom is -0.477 e. The molecule has 0 saturated carbocycles. The number of carboxylic acids is 1. The minimum absolute atomic E-state index is 0.0445. The van der Waals surface area contributed by atoms with Crippen molar-refractivity contribution in [3.05, 3.63) is 60.8 Å². The lowest BCUT2D eigenvalue weighted by molar-refractivity contribution is -0.887. The van der Waals surface area contributed by atoms with E-state index in [4.69, 9.17) is 14.2 Å².